The molecule has 5 nitrogen and oxygen atoms in total. The smallest absolute Gasteiger partial charge is 0.148 e. The van der Waals surface area contributed by atoms with E-state index >= 15 is 0 Å². The molecule has 0 saturated heterocycles. The molecule has 0 aliphatic heterocycles. The van der Waals surface area contributed by atoms with Gasteiger partial charge in [-0.25, -0.2) is 4.98 Å². The van der Waals surface area contributed by atoms with Crippen molar-refractivity contribution < 1.29 is 0 Å². The van der Waals surface area contributed by atoms with Crippen LogP contribution in [0, 0.1) is 0 Å². The van der Waals surface area contributed by atoms with Crippen molar-refractivity contribution in [2.45, 2.75) is 6.42 Å². The van der Waals surface area contributed by atoms with E-state index in [4.69, 9.17) is 0 Å². The largest absolute Gasteiger partial charge is 0.368 e. The Bertz CT molecular complexity index is 914. The summed E-state index contributed by atoms with van der Waals surface area (Å²) in [7, 11) is 0. The Labute approximate surface area is 149 Å². The van der Waals surface area contributed by atoms with Crippen LogP contribution in [0.2, 0.25) is 0 Å². The van der Waals surface area contributed by atoms with Gasteiger partial charge in [0.15, 0.2) is 0 Å². The zero-order valence-electron chi connectivity index (χ0n) is 13.5. The first-order chi connectivity index (χ1) is 12.4. The fourth-order valence-electron chi connectivity index (χ4n) is 2.64. The number of nitrogens with zero attached hydrogens (tertiary/aromatic N) is 3. The molecule has 0 fully saturated rings. The molecule has 0 saturated carbocycles. The van der Waals surface area contributed by atoms with Gasteiger partial charge in [-0.05, 0) is 23.6 Å². The van der Waals surface area contributed by atoms with Crippen LogP contribution in [0.1, 0.15) is 5.69 Å². The summed E-state index contributed by atoms with van der Waals surface area (Å²) in [6.07, 6.45) is 2.59. The predicted molar refractivity (Wildman–Crippen MR) is 102 cm³/mol. The fourth-order valence-corrected chi connectivity index (χ4v) is 3.39. The number of benzene rings is 1. The predicted octanol–water partition coefficient (Wildman–Crippen LogP) is 4.25. The molecule has 0 spiro atoms. The van der Waals surface area contributed by atoms with E-state index in [-0.39, 0.29) is 0 Å². The van der Waals surface area contributed by atoms with E-state index < -0.39 is 0 Å². The molecule has 25 heavy (non-hydrogen) atoms. The average molecular weight is 347 g/mol. The molecule has 0 aliphatic rings. The lowest BCUT2D eigenvalue weighted by Gasteiger charge is -2.06. The van der Waals surface area contributed by atoms with Gasteiger partial charge in [-0.15, -0.1) is 21.5 Å². The maximum absolute atomic E-state index is 4.43. The number of hydrogen-bond acceptors (Lipinski definition) is 5. The van der Waals surface area contributed by atoms with Crippen LogP contribution in [0.15, 0.2) is 66.3 Å². The molecule has 3 heterocycles. The molecular weight excluding hydrogens is 330 g/mol. The molecule has 4 aromatic rings. The van der Waals surface area contributed by atoms with Gasteiger partial charge in [0.2, 0.25) is 0 Å². The topological polar surface area (TPSA) is 66.5 Å². The Kier molecular flexibility index (Phi) is 4.52. The van der Waals surface area contributed by atoms with Gasteiger partial charge in [0, 0.05) is 24.2 Å². The minimum atomic E-state index is 0.764. The second-order valence-corrected chi connectivity index (χ2v) is 6.50. The summed E-state index contributed by atoms with van der Waals surface area (Å²) >= 11 is 1.70. The third kappa shape index (κ3) is 3.59. The maximum Gasteiger partial charge on any atom is 0.148 e. The highest BCUT2D eigenvalue weighted by Gasteiger charge is 2.09. The molecule has 1 aromatic carbocycles. The monoisotopic (exact) mass is 347 g/mol. The zero-order valence-corrected chi connectivity index (χ0v) is 14.3. The molecule has 0 amide bonds. The van der Waals surface area contributed by atoms with Crippen LogP contribution in [0.3, 0.4) is 0 Å². The van der Waals surface area contributed by atoms with Crippen LogP contribution in [0.5, 0.6) is 0 Å². The lowest BCUT2D eigenvalue weighted by Crippen LogP contribution is -2.07. The number of H-pyrrole nitrogens is 1. The average Bonchev–Trinajstić information content (AvgIpc) is 3.34. The van der Waals surface area contributed by atoms with Gasteiger partial charge in [-0.2, -0.15) is 0 Å². The number of thiophene rings is 1. The van der Waals surface area contributed by atoms with Gasteiger partial charge in [-0.1, -0.05) is 36.4 Å². The van der Waals surface area contributed by atoms with Crippen molar-refractivity contribution in [2.75, 3.05) is 11.9 Å². The van der Waals surface area contributed by atoms with Crippen LogP contribution in [-0.2, 0) is 6.42 Å². The maximum atomic E-state index is 4.43. The van der Waals surface area contributed by atoms with E-state index in [0.29, 0.717) is 0 Å². The van der Waals surface area contributed by atoms with Crippen LogP contribution < -0.4 is 5.32 Å². The molecular formula is C19H17N5S. The second-order valence-electron chi connectivity index (χ2n) is 5.55. The number of hydrogen-bond donors (Lipinski definition) is 2. The molecule has 124 valence electrons. The minimum Gasteiger partial charge on any atom is -0.368 e. The third-order valence-electron chi connectivity index (χ3n) is 3.89. The standard InChI is InChI=1S/C19H17N5S/c1-2-5-14(6-3-1)15-8-9-18(24-23-15)20-11-10-16-19(22-13-21-16)17-7-4-12-25-17/h1-9,12-13H,10-11H2,(H,20,24)(H,21,22). The molecule has 0 unspecified atom stereocenters. The summed E-state index contributed by atoms with van der Waals surface area (Å²) in [5.41, 5.74) is 4.10. The number of imidazole rings is 1. The molecule has 2 N–H and O–H groups in total. The highest BCUT2D eigenvalue weighted by atomic mass is 32.1. The van der Waals surface area contributed by atoms with Crippen molar-refractivity contribution in [1.82, 2.24) is 20.2 Å². The summed E-state index contributed by atoms with van der Waals surface area (Å²) < 4.78 is 0. The van der Waals surface area contributed by atoms with E-state index in [9.17, 15) is 0 Å². The summed E-state index contributed by atoms with van der Waals surface area (Å²) in [6.45, 7) is 0.764. The van der Waals surface area contributed by atoms with Crippen molar-refractivity contribution in [3.8, 4) is 21.8 Å². The Morgan fingerprint density at radius 3 is 2.64 bits per heavy atom. The van der Waals surface area contributed by atoms with E-state index in [2.05, 4.69) is 36.9 Å². The molecule has 3 aromatic heterocycles. The summed E-state index contributed by atoms with van der Waals surface area (Å²) in [4.78, 5) is 8.84. The van der Waals surface area contributed by atoms with Crippen molar-refractivity contribution in [3.05, 3.63) is 72.0 Å². The Morgan fingerprint density at radius 2 is 1.88 bits per heavy atom. The highest BCUT2D eigenvalue weighted by molar-refractivity contribution is 7.13. The van der Waals surface area contributed by atoms with Crippen molar-refractivity contribution in [3.63, 3.8) is 0 Å². The first-order valence-corrected chi connectivity index (χ1v) is 8.97. The van der Waals surface area contributed by atoms with Gasteiger partial charge >= 0.3 is 0 Å². The second kappa shape index (κ2) is 7.27. The molecule has 4 rings (SSSR count). The Morgan fingerprint density at radius 1 is 0.960 bits per heavy atom. The molecule has 0 atom stereocenters. The number of aromatic nitrogens is 4. The van der Waals surface area contributed by atoms with Crippen molar-refractivity contribution in [2.24, 2.45) is 0 Å². The Hall–Kier alpha value is -2.99. The summed E-state index contributed by atoms with van der Waals surface area (Å²) in [6, 6.07) is 18.1. The van der Waals surface area contributed by atoms with Crippen molar-refractivity contribution in [1.29, 1.82) is 0 Å². The highest BCUT2D eigenvalue weighted by Crippen LogP contribution is 2.25. The van der Waals surface area contributed by atoms with Crippen LogP contribution in [0.25, 0.3) is 21.8 Å². The van der Waals surface area contributed by atoms with E-state index in [1.54, 1.807) is 17.7 Å². The molecule has 0 aliphatic carbocycles. The summed E-state index contributed by atoms with van der Waals surface area (Å²) in [5.74, 6) is 0.775. The lowest BCUT2D eigenvalue weighted by molar-refractivity contribution is 0.948. The number of rotatable bonds is 6. The van der Waals surface area contributed by atoms with Crippen LogP contribution in [-0.4, -0.2) is 26.7 Å². The number of aromatic amines is 1. The first-order valence-electron chi connectivity index (χ1n) is 8.09. The zero-order chi connectivity index (χ0) is 16.9. The van der Waals surface area contributed by atoms with E-state index in [1.807, 2.05) is 48.5 Å². The fraction of sp³-hybridized carbons (Fsp3) is 0.105. The van der Waals surface area contributed by atoms with E-state index in [1.165, 1.54) is 4.88 Å². The van der Waals surface area contributed by atoms with Crippen LogP contribution >= 0.6 is 11.3 Å². The van der Waals surface area contributed by atoms with Gasteiger partial charge in [0.1, 0.15) is 11.5 Å². The van der Waals surface area contributed by atoms with Gasteiger partial charge < -0.3 is 10.3 Å². The Balaban J connectivity index is 1.37. The minimum absolute atomic E-state index is 0.764. The normalized spacial score (nSPS) is 10.7. The molecule has 6 heteroatoms. The molecule has 0 bridgehead atoms. The summed E-state index contributed by atoms with van der Waals surface area (Å²) in [5, 5.41) is 13.9. The SMILES string of the molecule is c1ccc(-c2ccc(NCCc3[nH]cnc3-c3cccs3)nn2)cc1. The molecule has 0 radical (unpaired) electrons. The lowest BCUT2D eigenvalue weighted by atomic mass is 10.1. The van der Waals surface area contributed by atoms with Crippen LogP contribution in [0.4, 0.5) is 5.82 Å². The van der Waals surface area contributed by atoms with E-state index in [0.717, 1.165) is 41.4 Å². The van der Waals surface area contributed by atoms with Gasteiger partial charge in [-0.3, -0.25) is 0 Å². The number of nitrogens with one attached hydrogen (secondary N) is 2. The van der Waals surface area contributed by atoms with Crippen molar-refractivity contribution >= 4 is 17.2 Å². The van der Waals surface area contributed by atoms with Gasteiger partial charge in [0.25, 0.3) is 0 Å². The first kappa shape index (κ1) is 15.5. The van der Waals surface area contributed by atoms with Gasteiger partial charge in [0.05, 0.1) is 16.9 Å². The third-order valence-corrected chi connectivity index (χ3v) is 4.76. The number of anilines is 1. The quantitative estimate of drug-likeness (QED) is 0.547.